The summed E-state index contributed by atoms with van der Waals surface area (Å²) in [7, 11) is 5.17. The lowest BCUT2D eigenvalue weighted by Gasteiger charge is -2.54. The van der Waals surface area contributed by atoms with Crippen molar-refractivity contribution in [3.05, 3.63) is 72.3 Å². The van der Waals surface area contributed by atoms with E-state index in [0.717, 1.165) is 29.0 Å². The fraction of sp³-hybridized carbons (Fsp3) is 0.385. The Kier molecular flexibility index (Phi) is 8.10. The number of ether oxygens (including phenoxy) is 1. The molecule has 1 aromatic carbocycles. The first-order chi connectivity index (χ1) is 27.6. The minimum Gasteiger partial charge on any atom is -0.378 e. The Hall–Kier alpha value is -6.30. The molecule has 9 heterocycles. The zero-order valence-corrected chi connectivity index (χ0v) is 31.7. The van der Waals surface area contributed by atoms with Crippen molar-refractivity contribution < 1.29 is 23.1 Å². The van der Waals surface area contributed by atoms with Crippen LogP contribution in [0.15, 0.2) is 54.9 Å². The van der Waals surface area contributed by atoms with Crippen molar-refractivity contribution in [2.75, 3.05) is 56.0 Å². The third-order valence-electron chi connectivity index (χ3n) is 11.8. The van der Waals surface area contributed by atoms with Crippen LogP contribution in [0.2, 0.25) is 0 Å². The molecule has 6 aromatic rings. The molecule has 0 aliphatic carbocycles. The summed E-state index contributed by atoms with van der Waals surface area (Å²) in [6.45, 7) is 3.45. The number of aromatic nitrogens is 8. The average Bonchev–Trinajstić information content (AvgIpc) is 3.89. The second kappa shape index (κ2) is 13.1. The predicted molar refractivity (Wildman–Crippen MR) is 206 cm³/mol. The molecule has 1 N–H and O–H groups in total. The van der Waals surface area contributed by atoms with Crippen LogP contribution < -0.4 is 15.1 Å². The maximum atomic E-state index is 15.3. The molecule has 0 saturated carbocycles. The Morgan fingerprint density at radius 2 is 1.72 bits per heavy atom. The van der Waals surface area contributed by atoms with Gasteiger partial charge in [-0.25, -0.2) is 23.4 Å². The molecule has 57 heavy (non-hydrogen) atoms. The smallest absolute Gasteiger partial charge is 0.245 e. The molecule has 292 valence electrons. The molecule has 16 nitrogen and oxygen atoms in total. The number of piperazine rings is 1. The van der Waals surface area contributed by atoms with Gasteiger partial charge < -0.3 is 34.2 Å². The van der Waals surface area contributed by atoms with Crippen molar-refractivity contribution in [1.82, 2.24) is 49.1 Å². The van der Waals surface area contributed by atoms with E-state index >= 15 is 4.39 Å². The number of anilines is 3. The van der Waals surface area contributed by atoms with Gasteiger partial charge in [0.15, 0.2) is 11.5 Å². The first-order valence-electron chi connectivity index (χ1n) is 18.9. The number of hydrogen-bond acceptors (Lipinski definition) is 12. The lowest BCUT2D eigenvalue weighted by Crippen LogP contribution is -2.71. The van der Waals surface area contributed by atoms with Gasteiger partial charge in [-0.1, -0.05) is 6.07 Å². The number of fused-ring (bicyclic) bond motifs is 8. The number of amides is 2. The molecule has 0 radical (unpaired) electrons. The number of methoxy groups -OCH3 is 1. The summed E-state index contributed by atoms with van der Waals surface area (Å²) in [6, 6.07) is 9.39. The first kappa shape index (κ1) is 35.1. The van der Waals surface area contributed by atoms with E-state index in [4.69, 9.17) is 29.7 Å². The van der Waals surface area contributed by atoms with Gasteiger partial charge in [0.2, 0.25) is 17.8 Å². The normalized spacial score (nSPS) is 23.5. The third-order valence-corrected chi connectivity index (χ3v) is 11.8. The molecule has 4 aliphatic heterocycles. The van der Waals surface area contributed by atoms with Crippen molar-refractivity contribution in [1.29, 1.82) is 0 Å². The van der Waals surface area contributed by atoms with E-state index in [1.54, 1.807) is 37.2 Å². The molecule has 0 spiro atoms. The molecular formula is C39H39F2N13O3. The van der Waals surface area contributed by atoms with Gasteiger partial charge >= 0.3 is 0 Å². The summed E-state index contributed by atoms with van der Waals surface area (Å²) in [6.07, 6.45) is 3.91. The molecule has 18 heteroatoms. The molecule has 6 bridgehead atoms. The third kappa shape index (κ3) is 5.63. The van der Waals surface area contributed by atoms with Crippen LogP contribution in [0, 0.1) is 18.6 Å². The Balaban J connectivity index is 1.11. The second-order valence-electron chi connectivity index (χ2n) is 15.3. The number of halogens is 2. The molecule has 0 unspecified atom stereocenters. The van der Waals surface area contributed by atoms with Crippen LogP contribution in [-0.2, 0) is 20.9 Å². The van der Waals surface area contributed by atoms with Crippen LogP contribution in [0.25, 0.3) is 39.1 Å². The van der Waals surface area contributed by atoms with Gasteiger partial charge in [-0.2, -0.15) is 15.1 Å². The number of carbonyl (C=O) groups is 2. The highest BCUT2D eigenvalue weighted by Gasteiger charge is 2.51. The van der Waals surface area contributed by atoms with E-state index in [1.807, 2.05) is 41.0 Å². The first-order valence-corrected chi connectivity index (χ1v) is 18.9. The van der Waals surface area contributed by atoms with Crippen LogP contribution in [-0.4, -0.2) is 132 Å². The lowest BCUT2D eigenvalue weighted by atomic mass is 9.87. The molecule has 5 aromatic heterocycles. The summed E-state index contributed by atoms with van der Waals surface area (Å²) < 4.78 is 38.8. The number of benzene rings is 1. The van der Waals surface area contributed by atoms with E-state index in [-0.39, 0.29) is 47.7 Å². The summed E-state index contributed by atoms with van der Waals surface area (Å²) >= 11 is 0. The summed E-state index contributed by atoms with van der Waals surface area (Å²) in [4.78, 5) is 59.8. The van der Waals surface area contributed by atoms with Crippen molar-refractivity contribution in [3.8, 4) is 17.1 Å². The zero-order valence-electron chi connectivity index (χ0n) is 31.7. The number of nitrogens with one attached hydrogen (secondary N) is 1. The number of aryl methyl sites for hydroxylation is 1. The summed E-state index contributed by atoms with van der Waals surface area (Å²) in [5.41, 5.74) is 3.22. The van der Waals surface area contributed by atoms with E-state index in [2.05, 4.69) is 15.0 Å². The number of nitrogens with zero attached hydrogens (tertiary/aromatic N) is 12. The number of pyridine rings is 2. The van der Waals surface area contributed by atoms with Gasteiger partial charge in [0.25, 0.3) is 0 Å². The Bertz CT molecular complexity index is 2610. The van der Waals surface area contributed by atoms with Gasteiger partial charge in [-0.15, -0.1) is 0 Å². The van der Waals surface area contributed by atoms with Gasteiger partial charge in [0, 0.05) is 59.1 Å². The Morgan fingerprint density at radius 1 is 0.895 bits per heavy atom. The van der Waals surface area contributed by atoms with E-state index in [1.165, 1.54) is 16.9 Å². The number of likely N-dealkylation sites (tertiary alicyclic amines) is 1. The highest BCUT2D eigenvalue weighted by molar-refractivity contribution is 5.95. The monoisotopic (exact) mass is 775 g/mol. The van der Waals surface area contributed by atoms with Gasteiger partial charge in [-0.05, 0) is 50.1 Å². The highest BCUT2D eigenvalue weighted by Crippen LogP contribution is 2.40. The molecule has 10 rings (SSSR count). The fourth-order valence-electron chi connectivity index (χ4n) is 8.93. The largest absolute Gasteiger partial charge is 0.378 e. The van der Waals surface area contributed by atoms with E-state index in [0.29, 0.717) is 60.9 Å². The number of likely N-dealkylation sites (N-methyl/N-ethyl adjacent to an activating group) is 2. The fourth-order valence-corrected chi connectivity index (χ4v) is 8.93. The van der Waals surface area contributed by atoms with Crippen LogP contribution in [0.5, 0.6) is 0 Å². The van der Waals surface area contributed by atoms with E-state index < -0.39 is 29.8 Å². The second-order valence-corrected chi connectivity index (χ2v) is 15.3. The maximum Gasteiger partial charge on any atom is 0.245 e. The number of hydrogen-bond donors (Lipinski definition) is 1. The minimum absolute atomic E-state index is 0.00518. The summed E-state index contributed by atoms with van der Waals surface area (Å²) in [5.74, 6) is 0.320. The number of piperidine rings is 1. The van der Waals surface area contributed by atoms with Crippen LogP contribution in [0.1, 0.15) is 18.7 Å². The lowest BCUT2D eigenvalue weighted by molar-refractivity contribution is -0.138. The minimum atomic E-state index is -0.820. The van der Waals surface area contributed by atoms with Crippen LogP contribution >= 0.6 is 0 Å². The quantitative estimate of drug-likeness (QED) is 0.280. The summed E-state index contributed by atoms with van der Waals surface area (Å²) in [5, 5.41) is 8.57. The average molecular weight is 776 g/mol. The van der Waals surface area contributed by atoms with Gasteiger partial charge in [0.1, 0.15) is 46.7 Å². The number of rotatable bonds is 4. The predicted octanol–water partition coefficient (Wildman–Crippen LogP) is 3.17. The Labute approximate surface area is 325 Å². The molecule has 5 atom stereocenters. The SMILES string of the molecule is CO[C@H]1CN(C)C(=O)[C@@H]2C[C@@H](CN2c2nc(N3[C@H]4C[C@@H]3C(=O)N(C)C4)nc3c2cnn3-c2ccc(F)cc2F)Nc2cccc(n2)-c2nccc3nc(C)n(c23)C1. The van der Waals surface area contributed by atoms with Crippen molar-refractivity contribution >= 4 is 51.5 Å². The van der Waals surface area contributed by atoms with Gasteiger partial charge in [-0.3, -0.25) is 14.6 Å². The van der Waals surface area contributed by atoms with E-state index in [9.17, 15) is 14.0 Å². The number of carbonyl (C=O) groups excluding carboxylic acids is 2. The van der Waals surface area contributed by atoms with Crippen LogP contribution in [0.3, 0.4) is 0 Å². The molecule has 3 fully saturated rings. The maximum absolute atomic E-state index is 15.3. The molecular weight excluding hydrogens is 737 g/mol. The molecule has 3 saturated heterocycles. The van der Waals surface area contributed by atoms with Crippen molar-refractivity contribution in [3.63, 3.8) is 0 Å². The van der Waals surface area contributed by atoms with Crippen molar-refractivity contribution in [2.24, 2.45) is 0 Å². The Morgan fingerprint density at radius 3 is 2.53 bits per heavy atom. The van der Waals surface area contributed by atoms with Crippen LogP contribution in [0.4, 0.5) is 26.4 Å². The zero-order chi connectivity index (χ0) is 39.3. The molecule has 4 aliphatic rings. The topological polar surface area (TPSA) is 156 Å². The van der Waals surface area contributed by atoms with Gasteiger partial charge in [0.05, 0.1) is 47.0 Å². The molecule has 2 amide bonds. The standard InChI is InChI=1S/C39H39F2N13O3/c1-20-44-28-10-11-42-33-27-6-5-7-32(46-27)45-22-13-30(37(55)50(3)18-24(57-4)19-51(20)34(28)33)52(16-22)35-25-15-43-54(29-9-8-21(40)12-26(29)41)36(25)48-39(47-35)53-23-14-31(53)38(56)49(2)17-23/h5-12,15,22-24,30-31H,13-14,16-19H2,1-4H3,(H,45,46)/t22-,23-,24-,30-,31+/m0/s1. The van der Waals surface area contributed by atoms with Crippen molar-refractivity contribution in [2.45, 2.75) is 56.6 Å². The number of imidazole rings is 1. The highest BCUT2D eigenvalue weighted by atomic mass is 19.1.